The first-order valence-corrected chi connectivity index (χ1v) is 13.8. The molecule has 0 heterocycles. The van der Waals surface area contributed by atoms with Gasteiger partial charge in [0.2, 0.25) is 21.8 Å². The predicted molar refractivity (Wildman–Crippen MR) is 147 cm³/mol. The fraction of sp³-hybridized carbons (Fsp3) is 0.357. The summed E-state index contributed by atoms with van der Waals surface area (Å²) in [5.74, 6) is -0.157. The maximum Gasteiger partial charge on any atom is 0.244 e. The van der Waals surface area contributed by atoms with Gasteiger partial charge in [0.05, 0.1) is 19.1 Å². The third-order valence-corrected chi connectivity index (χ3v) is 7.02. The first-order chi connectivity index (χ1) is 17.3. The second-order valence-corrected chi connectivity index (χ2v) is 12.0. The summed E-state index contributed by atoms with van der Waals surface area (Å²) in [5, 5.41) is 4.48. The zero-order valence-corrected chi connectivity index (χ0v) is 23.0. The highest BCUT2D eigenvalue weighted by atomic mass is 32.2. The van der Waals surface area contributed by atoms with Crippen molar-refractivity contribution >= 4 is 38.3 Å². The van der Waals surface area contributed by atoms with Gasteiger partial charge in [0, 0.05) is 17.5 Å². The van der Waals surface area contributed by atoms with Crippen molar-refractivity contribution in [2.24, 2.45) is 0 Å². The average Bonchev–Trinajstić information content (AvgIpc) is 2.83. The lowest BCUT2D eigenvalue weighted by molar-refractivity contribution is -0.140. The molecule has 8 nitrogen and oxygen atoms in total. The molecule has 0 fully saturated rings. The Morgan fingerprint density at radius 3 is 2.19 bits per heavy atom. The molecule has 1 unspecified atom stereocenters. The number of ether oxygens (including phenoxy) is 1. The van der Waals surface area contributed by atoms with Gasteiger partial charge in [0.1, 0.15) is 18.3 Å². The molecule has 9 heteroatoms. The lowest BCUT2D eigenvalue weighted by atomic mass is 10.1. The van der Waals surface area contributed by atoms with E-state index in [-0.39, 0.29) is 12.5 Å². The summed E-state index contributed by atoms with van der Waals surface area (Å²) in [6.07, 6.45) is 1.08. The molecule has 3 aromatic rings. The van der Waals surface area contributed by atoms with Crippen LogP contribution in [0.3, 0.4) is 0 Å². The lowest BCUT2D eigenvalue weighted by Crippen LogP contribution is -2.54. The zero-order valence-electron chi connectivity index (χ0n) is 22.2. The smallest absolute Gasteiger partial charge is 0.244 e. The van der Waals surface area contributed by atoms with Gasteiger partial charge in [0.25, 0.3) is 0 Å². The third-order valence-electron chi connectivity index (χ3n) is 5.89. The van der Waals surface area contributed by atoms with Gasteiger partial charge in [-0.1, -0.05) is 48.5 Å². The van der Waals surface area contributed by atoms with Crippen LogP contribution in [0.25, 0.3) is 10.8 Å². The van der Waals surface area contributed by atoms with Gasteiger partial charge in [0.15, 0.2) is 0 Å². The molecule has 0 aliphatic rings. The summed E-state index contributed by atoms with van der Waals surface area (Å²) in [4.78, 5) is 28.2. The number of benzene rings is 3. The Hall–Kier alpha value is -3.59. The number of hydrogen-bond acceptors (Lipinski definition) is 5. The molecule has 3 rings (SSSR count). The van der Waals surface area contributed by atoms with Crippen LogP contribution in [0, 0.1) is 0 Å². The van der Waals surface area contributed by atoms with E-state index in [4.69, 9.17) is 4.74 Å². The molecule has 37 heavy (non-hydrogen) atoms. The molecule has 1 N–H and O–H groups in total. The van der Waals surface area contributed by atoms with Crippen LogP contribution in [0.5, 0.6) is 5.75 Å². The summed E-state index contributed by atoms with van der Waals surface area (Å²) in [6.45, 7) is 6.90. The minimum absolute atomic E-state index is 0.120. The molecule has 0 aliphatic heterocycles. The standard InChI is InChI=1S/C28H35N3O5S/c1-20(27(33)29-28(2,3)4)30(18-21-14-16-23(36-5)17-15-21)26(32)19-31(37(6,34)35)25-13-9-11-22-10-7-8-12-24(22)25/h7-17,20H,18-19H2,1-6H3,(H,29,33). The van der Waals surface area contributed by atoms with Crippen LogP contribution in [0.2, 0.25) is 0 Å². The average molecular weight is 526 g/mol. The number of carbonyl (C=O) groups is 2. The number of fused-ring (bicyclic) bond motifs is 1. The Labute approximate surface area is 219 Å². The summed E-state index contributed by atoms with van der Waals surface area (Å²) < 4.78 is 32.2. The van der Waals surface area contributed by atoms with E-state index in [1.165, 1.54) is 4.90 Å². The van der Waals surface area contributed by atoms with Crippen molar-refractivity contribution in [2.75, 3.05) is 24.2 Å². The van der Waals surface area contributed by atoms with E-state index >= 15 is 0 Å². The Kier molecular flexibility index (Phi) is 8.48. The fourth-order valence-corrected chi connectivity index (χ4v) is 4.87. The molecule has 0 saturated carbocycles. The van der Waals surface area contributed by atoms with E-state index in [1.807, 2.05) is 63.2 Å². The fourth-order valence-electron chi connectivity index (χ4n) is 4.00. The van der Waals surface area contributed by atoms with Gasteiger partial charge >= 0.3 is 0 Å². The molecule has 1 atom stereocenters. The first-order valence-electron chi connectivity index (χ1n) is 12.0. The van der Waals surface area contributed by atoms with Gasteiger partial charge in [-0.25, -0.2) is 8.42 Å². The molecule has 0 saturated heterocycles. The summed E-state index contributed by atoms with van der Waals surface area (Å²) in [6, 6.07) is 19.1. The maximum atomic E-state index is 13.8. The zero-order chi connectivity index (χ0) is 27.4. The molecule has 3 aromatic carbocycles. The number of rotatable bonds is 9. The molecule has 0 aliphatic carbocycles. The number of nitrogens with zero attached hydrogens (tertiary/aromatic N) is 2. The number of nitrogens with one attached hydrogen (secondary N) is 1. The molecular weight excluding hydrogens is 490 g/mol. The molecule has 0 aromatic heterocycles. The summed E-state index contributed by atoms with van der Waals surface area (Å²) in [7, 11) is -2.26. The normalized spacial score (nSPS) is 12.6. The van der Waals surface area contributed by atoms with Crippen molar-refractivity contribution in [1.82, 2.24) is 10.2 Å². The number of anilines is 1. The van der Waals surface area contributed by atoms with Crippen LogP contribution < -0.4 is 14.4 Å². The van der Waals surface area contributed by atoms with E-state index in [0.717, 1.165) is 21.5 Å². The van der Waals surface area contributed by atoms with E-state index in [0.29, 0.717) is 16.8 Å². The molecule has 0 spiro atoms. The highest BCUT2D eigenvalue weighted by Gasteiger charge is 2.31. The van der Waals surface area contributed by atoms with Crippen molar-refractivity contribution in [2.45, 2.75) is 45.8 Å². The van der Waals surface area contributed by atoms with Crippen molar-refractivity contribution < 1.29 is 22.7 Å². The van der Waals surface area contributed by atoms with Gasteiger partial charge in [-0.15, -0.1) is 0 Å². The Balaban J connectivity index is 1.99. The van der Waals surface area contributed by atoms with Crippen molar-refractivity contribution in [3.8, 4) is 5.75 Å². The van der Waals surface area contributed by atoms with Crippen LogP contribution in [-0.2, 0) is 26.2 Å². The Morgan fingerprint density at radius 2 is 1.59 bits per heavy atom. The minimum Gasteiger partial charge on any atom is -0.497 e. The highest BCUT2D eigenvalue weighted by Crippen LogP contribution is 2.28. The van der Waals surface area contributed by atoms with Crippen LogP contribution in [0.1, 0.15) is 33.3 Å². The monoisotopic (exact) mass is 525 g/mol. The molecule has 0 bridgehead atoms. The quantitative estimate of drug-likeness (QED) is 0.457. The Bertz CT molecular complexity index is 1360. The van der Waals surface area contributed by atoms with Crippen LogP contribution in [0.4, 0.5) is 5.69 Å². The maximum absolute atomic E-state index is 13.8. The van der Waals surface area contributed by atoms with Gasteiger partial charge < -0.3 is 15.0 Å². The number of hydrogen-bond donors (Lipinski definition) is 1. The van der Waals surface area contributed by atoms with E-state index < -0.39 is 34.1 Å². The predicted octanol–water partition coefficient (Wildman–Crippen LogP) is 3.95. The number of methoxy groups -OCH3 is 1. The van der Waals surface area contributed by atoms with E-state index in [9.17, 15) is 18.0 Å². The molecule has 2 amide bonds. The van der Waals surface area contributed by atoms with Crippen LogP contribution in [-0.4, -0.2) is 56.6 Å². The van der Waals surface area contributed by atoms with Gasteiger partial charge in [-0.3, -0.25) is 13.9 Å². The third kappa shape index (κ3) is 7.22. The summed E-state index contributed by atoms with van der Waals surface area (Å²) >= 11 is 0. The first kappa shape index (κ1) is 28.0. The highest BCUT2D eigenvalue weighted by molar-refractivity contribution is 7.92. The van der Waals surface area contributed by atoms with E-state index in [2.05, 4.69) is 5.32 Å². The van der Waals surface area contributed by atoms with Crippen LogP contribution in [0.15, 0.2) is 66.7 Å². The lowest BCUT2D eigenvalue weighted by Gasteiger charge is -2.33. The van der Waals surface area contributed by atoms with Gasteiger partial charge in [-0.05, 0) is 56.8 Å². The van der Waals surface area contributed by atoms with Crippen molar-refractivity contribution in [1.29, 1.82) is 0 Å². The second-order valence-electron chi connectivity index (χ2n) is 10.1. The topological polar surface area (TPSA) is 96.0 Å². The number of sulfonamides is 1. The summed E-state index contributed by atoms with van der Waals surface area (Å²) in [5.41, 5.74) is 0.688. The van der Waals surface area contributed by atoms with Gasteiger partial charge in [-0.2, -0.15) is 0 Å². The Morgan fingerprint density at radius 1 is 0.973 bits per heavy atom. The minimum atomic E-state index is -3.83. The number of carbonyl (C=O) groups excluding carboxylic acids is 2. The van der Waals surface area contributed by atoms with Crippen LogP contribution >= 0.6 is 0 Å². The SMILES string of the molecule is COc1ccc(CN(C(=O)CN(c2cccc3ccccc23)S(C)(=O)=O)C(C)C(=O)NC(C)(C)C)cc1. The molecular formula is C28H35N3O5S. The van der Waals surface area contributed by atoms with E-state index in [1.54, 1.807) is 38.3 Å². The van der Waals surface area contributed by atoms with Crippen molar-refractivity contribution in [3.63, 3.8) is 0 Å². The molecule has 0 radical (unpaired) electrons. The van der Waals surface area contributed by atoms with Crippen molar-refractivity contribution in [3.05, 3.63) is 72.3 Å². The second kappa shape index (κ2) is 11.2. The molecule has 198 valence electrons. The number of amides is 2. The largest absolute Gasteiger partial charge is 0.497 e.